The van der Waals surface area contributed by atoms with Gasteiger partial charge in [-0.05, 0) is 39.4 Å². The van der Waals surface area contributed by atoms with Crippen LogP contribution in [0.4, 0.5) is 10.1 Å². The zero-order valence-electron chi connectivity index (χ0n) is 13.4. The number of likely N-dealkylation sites (N-methyl/N-ethyl adjacent to an activating group) is 1. The fourth-order valence-corrected chi connectivity index (χ4v) is 2.18. The minimum atomic E-state index is -0.240. The number of nitrogens with zero attached hydrogens (tertiary/aromatic N) is 1. The molecule has 0 heterocycles. The van der Waals surface area contributed by atoms with Crippen LogP contribution in [-0.2, 0) is 11.3 Å². The quantitative estimate of drug-likeness (QED) is 0.773. The van der Waals surface area contributed by atoms with Crippen molar-refractivity contribution < 1.29 is 9.18 Å². The summed E-state index contributed by atoms with van der Waals surface area (Å²) in [6.45, 7) is 9.90. The first-order valence-electron chi connectivity index (χ1n) is 7.51. The van der Waals surface area contributed by atoms with E-state index in [1.54, 1.807) is 6.07 Å². The fourth-order valence-electron chi connectivity index (χ4n) is 2.18. The Bertz CT molecular complexity index is 463. The van der Waals surface area contributed by atoms with Crippen LogP contribution in [0.25, 0.3) is 0 Å². The Kier molecular flexibility index (Phi) is 7.15. The lowest BCUT2D eigenvalue weighted by Crippen LogP contribution is -2.40. The Hall–Kier alpha value is -1.62. The van der Waals surface area contributed by atoms with E-state index in [1.165, 1.54) is 6.07 Å². The lowest BCUT2D eigenvalue weighted by molar-refractivity contribution is -0.120. The van der Waals surface area contributed by atoms with E-state index in [2.05, 4.69) is 10.6 Å². The van der Waals surface area contributed by atoms with Gasteiger partial charge >= 0.3 is 0 Å². The second kappa shape index (κ2) is 8.62. The summed E-state index contributed by atoms with van der Waals surface area (Å²) in [5.74, 6) is -0.290. The van der Waals surface area contributed by atoms with E-state index in [4.69, 9.17) is 0 Å². The molecule has 118 valence electrons. The number of hydrogen-bond donors (Lipinski definition) is 2. The normalized spacial score (nSPS) is 10.8. The third-order valence-corrected chi connectivity index (χ3v) is 3.15. The molecule has 5 heteroatoms. The zero-order valence-corrected chi connectivity index (χ0v) is 13.4. The molecular formula is C16H26FN3O. The molecule has 2 N–H and O–H groups in total. The first kappa shape index (κ1) is 17.4. The van der Waals surface area contributed by atoms with Crippen LogP contribution < -0.4 is 15.5 Å². The van der Waals surface area contributed by atoms with E-state index < -0.39 is 0 Å². The summed E-state index contributed by atoms with van der Waals surface area (Å²) < 4.78 is 14.1. The first-order chi connectivity index (χ1) is 9.99. The van der Waals surface area contributed by atoms with Gasteiger partial charge in [-0.3, -0.25) is 4.79 Å². The van der Waals surface area contributed by atoms with Gasteiger partial charge in [-0.2, -0.15) is 0 Å². The van der Waals surface area contributed by atoms with Gasteiger partial charge in [-0.15, -0.1) is 0 Å². The van der Waals surface area contributed by atoms with Crippen molar-refractivity contribution in [3.63, 3.8) is 0 Å². The van der Waals surface area contributed by atoms with Gasteiger partial charge < -0.3 is 15.5 Å². The summed E-state index contributed by atoms with van der Waals surface area (Å²) in [6, 6.07) is 5.11. The predicted octanol–water partition coefficient (Wildman–Crippen LogP) is 2.29. The average molecular weight is 295 g/mol. The van der Waals surface area contributed by atoms with Gasteiger partial charge in [-0.1, -0.05) is 13.0 Å². The second-order valence-corrected chi connectivity index (χ2v) is 5.25. The van der Waals surface area contributed by atoms with Crippen molar-refractivity contribution in [2.45, 2.75) is 40.3 Å². The molecule has 0 atom stereocenters. The number of carbonyl (C=O) groups is 1. The maximum absolute atomic E-state index is 14.1. The highest BCUT2D eigenvalue weighted by molar-refractivity contribution is 5.81. The van der Waals surface area contributed by atoms with Crippen molar-refractivity contribution in [3.05, 3.63) is 29.6 Å². The number of rotatable bonds is 8. The van der Waals surface area contributed by atoms with Crippen molar-refractivity contribution in [2.75, 3.05) is 24.5 Å². The van der Waals surface area contributed by atoms with Gasteiger partial charge in [0.25, 0.3) is 0 Å². The molecule has 1 rings (SSSR count). The minimum absolute atomic E-state index is 0.0505. The molecule has 1 aromatic carbocycles. The number of halogens is 1. The number of anilines is 1. The van der Waals surface area contributed by atoms with E-state index in [0.717, 1.165) is 12.2 Å². The van der Waals surface area contributed by atoms with Crippen LogP contribution in [0.15, 0.2) is 18.2 Å². The Morgan fingerprint density at radius 1 is 1.33 bits per heavy atom. The van der Waals surface area contributed by atoms with Crippen LogP contribution in [-0.4, -0.2) is 31.6 Å². The van der Waals surface area contributed by atoms with Crippen molar-refractivity contribution in [1.29, 1.82) is 0 Å². The lowest BCUT2D eigenvalue weighted by atomic mass is 10.1. The van der Waals surface area contributed by atoms with Crippen LogP contribution in [0.3, 0.4) is 0 Å². The third kappa shape index (κ3) is 5.34. The van der Waals surface area contributed by atoms with Gasteiger partial charge in [0, 0.05) is 30.4 Å². The maximum atomic E-state index is 14.1. The van der Waals surface area contributed by atoms with E-state index in [0.29, 0.717) is 18.7 Å². The van der Waals surface area contributed by atoms with Crippen molar-refractivity contribution >= 4 is 11.6 Å². The predicted molar refractivity (Wildman–Crippen MR) is 84.9 cm³/mol. The molecule has 0 aliphatic rings. The van der Waals surface area contributed by atoms with Crippen LogP contribution in [0.2, 0.25) is 0 Å². The SMILES string of the molecule is CCNCc1c(F)cccc1N(CC)CC(=O)NC(C)C. The van der Waals surface area contributed by atoms with Gasteiger partial charge in [0.05, 0.1) is 6.54 Å². The Balaban J connectivity index is 2.94. The molecule has 1 amide bonds. The molecule has 0 aliphatic carbocycles. The van der Waals surface area contributed by atoms with Crippen LogP contribution in [0.5, 0.6) is 0 Å². The number of hydrogen-bond acceptors (Lipinski definition) is 3. The van der Waals surface area contributed by atoms with Crippen LogP contribution in [0, 0.1) is 5.82 Å². The topological polar surface area (TPSA) is 44.4 Å². The molecule has 0 unspecified atom stereocenters. The van der Waals surface area contributed by atoms with Gasteiger partial charge in [0.15, 0.2) is 0 Å². The summed E-state index contributed by atoms with van der Waals surface area (Å²) in [4.78, 5) is 13.8. The van der Waals surface area contributed by atoms with Crippen LogP contribution in [0.1, 0.15) is 33.3 Å². The summed E-state index contributed by atoms with van der Waals surface area (Å²) in [6.07, 6.45) is 0. The molecule has 21 heavy (non-hydrogen) atoms. The van der Waals surface area contributed by atoms with E-state index >= 15 is 0 Å². The lowest BCUT2D eigenvalue weighted by Gasteiger charge is -2.26. The summed E-state index contributed by atoms with van der Waals surface area (Å²) >= 11 is 0. The molecule has 0 saturated carbocycles. The summed E-state index contributed by atoms with van der Waals surface area (Å²) in [5.41, 5.74) is 1.39. The van der Waals surface area contributed by atoms with Crippen LogP contribution >= 0.6 is 0 Å². The molecule has 0 spiro atoms. The molecule has 0 fully saturated rings. The van der Waals surface area contributed by atoms with Crippen molar-refractivity contribution in [2.24, 2.45) is 0 Å². The largest absolute Gasteiger partial charge is 0.362 e. The first-order valence-corrected chi connectivity index (χ1v) is 7.51. The minimum Gasteiger partial charge on any atom is -0.362 e. The highest BCUT2D eigenvalue weighted by Crippen LogP contribution is 2.23. The number of carbonyl (C=O) groups excluding carboxylic acids is 1. The van der Waals surface area contributed by atoms with Crippen molar-refractivity contribution in [3.8, 4) is 0 Å². The van der Waals surface area contributed by atoms with Crippen molar-refractivity contribution in [1.82, 2.24) is 10.6 Å². The van der Waals surface area contributed by atoms with E-state index in [9.17, 15) is 9.18 Å². The smallest absolute Gasteiger partial charge is 0.239 e. The number of nitrogens with one attached hydrogen (secondary N) is 2. The molecular weight excluding hydrogens is 269 g/mol. The fraction of sp³-hybridized carbons (Fsp3) is 0.562. The molecule has 1 aromatic rings. The third-order valence-electron chi connectivity index (χ3n) is 3.15. The highest BCUT2D eigenvalue weighted by Gasteiger charge is 2.16. The highest BCUT2D eigenvalue weighted by atomic mass is 19.1. The summed E-state index contributed by atoms with van der Waals surface area (Å²) in [7, 11) is 0. The average Bonchev–Trinajstić information content (AvgIpc) is 2.42. The van der Waals surface area contributed by atoms with Gasteiger partial charge in [-0.25, -0.2) is 4.39 Å². The maximum Gasteiger partial charge on any atom is 0.239 e. The second-order valence-electron chi connectivity index (χ2n) is 5.25. The van der Waals surface area contributed by atoms with E-state index in [-0.39, 0.29) is 24.3 Å². The molecule has 0 radical (unpaired) electrons. The molecule has 0 bridgehead atoms. The molecule has 0 aromatic heterocycles. The molecule has 0 aliphatic heterocycles. The standard InChI is InChI=1S/C16H26FN3O/c1-5-18-10-13-14(17)8-7-9-15(13)20(6-2)11-16(21)19-12(3)4/h7-9,12,18H,5-6,10-11H2,1-4H3,(H,19,21). The number of benzene rings is 1. The Morgan fingerprint density at radius 3 is 2.62 bits per heavy atom. The Labute approximate surface area is 126 Å². The zero-order chi connectivity index (χ0) is 15.8. The molecule has 4 nitrogen and oxygen atoms in total. The molecule has 0 saturated heterocycles. The van der Waals surface area contributed by atoms with E-state index in [1.807, 2.05) is 38.7 Å². The van der Waals surface area contributed by atoms with Gasteiger partial charge in [0.1, 0.15) is 5.82 Å². The van der Waals surface area contributed by atoms with Gasteiger partial charge in [0.2, 0.25) is 5.91 Å². The summed E-state index contributed by atoms with van der Waals surface area (Å²) in [5, 5.41) is 6.01. The Morgan fingerprint density at radius 2 is 2.05 bits per heavy atom. The monoisotopic (exact) mass is 295 g/mol. The number of amides is 1.